The monoisotopic (exact) mass is 337 g/mol. The van der Waals surface area contributed by atoms with E-state index in [1.807, 2.05) is 6.92 Å². The average Bonchev–Trinajstić information content (AvgIpc) is 2.83. The van der Waals surface area contributed by atoms with Crippen molar-refractivity contribution in [3.8, 4) is 0 Å². The zero-order chi connectivity index (χ0) is 14.9. The van der Waals surface area contributed by atoms with Crippen LogP contribution in [0.4, 0.5) is 10.1 Å². The summed E-state index contributed by atoms with van der Waals surface area (Å²) in [5.41, 5.74) is -0.347. The number of hydrogen-bond donors (Lipinski definition) is 1. The molecule has 108 valence electrons. The van der Waals surface area contributed by atoms with Crippen LogP contribution in [-0.2, 0) is 16.6 Å². The Balaban J connectivity index is 2.38. The van der Waals surface area contributed by atoms with Crippen LogP contribution in [0.25, 0.3) is 0 Å². The van der Waals surface area contributed by atoms with Gasteiger partial charge in [-0.3, -0.25) is 9.40 Å². The van der Waals surface area contributed by atoms with Crippen LogP contribution in [0.15, 0.2) is 29.4 Å². The number of halogens is 3. The molecule has 1 heterocycles. The van der Waals surface area contributed by atoms with E-state index in [2.05, 4.69) is 9.82 Å². The highest BCUT2D eigenvalue weighted by atomic mass is 35.5. The first kappa shape index (κ1) is 15.1. The van der Waals surface area contributed by atoms with Gasteiger partial charge in [0.15, 0.2) is 0 Å². The summed E-state index contributed by atoms with van der Waals surface area (Å²) in [4.78, 5) is -0.0789. The fourth-order valence-electron chi connectivity index (χ4n) is 1.49. The SMILES string of the molecule is CCn1cc(S(=O)(=O)Nc2c(F)cc(Cl)cc2Cl)cn1. The molecule has 0 unspecified atom stereocenters. The minimum Gasteiger partial charge on any atom is -0.275 e. The molecule has 2 rings (SSSR count). The van der Waals surface area contributed by atoms with Gasteiger partial charge in [0.1, 0.15) is 16.4 Å². The summed E-state index contributed by atoms with van der Waals surface area (Å²) in [6, 6.07) is 2.22. The molecule has 1 N–H and O–H groups in total. The van der Waals surface area contributed by atoms with Gasteiger partial charge in [-0.15, -0.1) is 0 Å². The van der Waals surface area contributed by atoms with E-state index in [0.717, 1.165) is 6.07 Å². The second-order valence-corrected chi connectivity index (χ2v) is 6.41. The first-order chi connectivity index (χ1) is 9.33. The maximum absolute atomic E-state index is 13.7. The van der Waals surface area contributed by atoms with Crippen LogP contribution >= 0.6 is 23.2 Å². The van der Waals surface area contributed by atoms with Crippen molar-refractivity contribution in [2.45, 2.75) is 18.4 Å². The van der Waals surface area contributed by atoms with Crippen molar-refractivity contribution in [3.63, 3.8) is 0 Å². The molecule has 1 aromatic carbocycles. The topological polar surface area (TPSA) is 64.0 Å². The van der Waals surface area contributed by atoms with Crippen LogP contribution in [0, 0.1) is 5.82 Å². The summed E-state index contributed by atoms with van der Waals surface area (Å²) in [6.45, 7) is 2.33. The van der Waals surface area contributed by atoms with Gasteiger partial charge in [0, 0.05) is 17.8 Å². The quantitative estimate of drug-likeness (QED) is 0.931. The molecular weight excluding hydrogens is 328 g/mol. The zero-order valence-electron chi connectivity index (χ0n) is 10.3. The molecule has 0 saturated carbocycles. The molecule has 2 aromatic rings. The van der Waals surface area contributed by atoms with Crippen LogP contribution in [0.2, 0.25) is 10.0 Å². The van der Waals surface area contributed by atoms with Gasteiger partial charge >= 0.3 is 0 Å². The van der Waals surface area contributed by atoms with Crippen molar-refractivity contribution in [3.05, 3.63) is 40.4 Å². The Morgan fingerprint density at radius 3 is 2.65 bits per heavy atom. The van der Waals surface area contributed by atoms with Gasteiger partial charge in [0.2, 0.25) is 0 Å². The van der Waals surface area contributed by atoms with E-state index >= 15 is 0 Å². The smallest absolute Gasteiger partial charge is 0.265 e. The highest BCUT2D eigenvalue weighted by molar-refractivity contribution is 7.92. The minimum absolute atomic E-state index is 0.0780. The normalized spacial score (nSPS) is 11.6. The first-order valence-electron chi connectivity index (χ1n) is 5.53. The number of aromatic nitrogens is 2. The minimum atomic E-state index is -3.96. The second-order valence-electron chi connectivity index (χ2n) is 3.88. The van der Waals surface area contributed by atoms with E-state index in [1.54, 1.807) is 0 Å². The predicted molar refractivity (Wildman–Crippen MR) is 75.1 cm³/mol. The molecule has 0 fully saturated rings. The molecule has 0 amide bonds. The third-order valence-corrected chi connectivity index (χ3v) is 4.31. The van der Waals surface area contributed by atoms with Crippen LogP contribution in [0.5, 0.6) is 0 Å². The molecule has 0 radical (unpaired) electrons. The fraction of sp³-hybridized carbons (Fsp3) is 0.182. The number of nitrogens with one attached hydrogen (secondary N) is 1. The summed E-state index contributed by atoms with van der Waals surface area (Å²) in [6.07, 6.45) is 2.51. The number of sulfonamides is 1. The Morgan fingerprint density at radius 2 is 2.10 bits per heavy atom. The van der Waals surface area contributed by atoms with Crippen molar-refractivity contribution in [1.29, 1.82) is 0 Å². The van der Waals surface area contributed by atoms with Gasteiger partial charge in [-0.25, -0.2) is 12.8 Å². The van der Waals surface area contributed by atoms with E-state index in [-0.39, 0.29) is 20.6 Å². The fourth-order valence-corrected chi connectivity index (χ4v) is 3.10. The number of benzene rings is 1. The number of anilines is 1. The van der Waals surface area contributed by atoms with E-state index in [0.29, 0.717) is 6.54 Å². The zero-order valence-corrected chi connectivity index (χ0v) is 12.6. The van der Waals surface area contributed by atoms with Crippen molar-refractivity contribution >= 4 is 38.9 Å². The Hall–Kier alpha value is -1.31. The Kier molecular flexibility index (Phi) is 4.22. The maximum atomic E-state index is 13.7. The number of aryl methyl sites for hydroxylation is 1. The molecule has 0 atom stereocenters. The molecule has 9 heteroatoms. The Bertz CT molecular complexity index is 723. The highest BCUT2D eigenvalue weighted by Gasteiger charge is 2.20. The first-order valence-corrected chi connectivity index (χ1v) is 7.77. The highest BCUT2D eigenvalue weighted by Crippen LogP contribution is 2.30. The Morgan fingerprint density at radius 1 is 1.40 bits per heavy atom. The lowest BCUT2D eigenvalue weighted by molar-refractivity contribution is 0.598. The lowest BCUT2D eigenvalue weighted by Crippen LogP contribution is -2.14. The van der Waals surface area contributed by atoms with Crippen molar-refractivity contribution < 1.29 is 12.8 Å². The average molecular weight is 338 g/mol. The molecule has 5 nitrogen and oxygen atoms in total. The van der Waals surface area contributed by atoms with E-state index < -0.39 is 15.8 Å². The van der Waals surface area contributed by atoms with Gasteiger partial charge < -0.3 is 0 Å². The third kappa shape index (κ3) is 3.05. The van der Waals surface area contributed by atoms with Crippen LogP contribution in [-0.4, -0.2) is 18.2 Å². The molecule has 0 saturated heterocycles. The molecular formula is C11H10Cl2FN3O2S. The summed E-state index contributed by atoms with van der Waals surface area (Å²) in [5, 5.41) is 3.81. The molecule has 0 bridgehead atoms. The predicted octanol–water partition coefficient (Wildman–Crippen LogP) is 3.15. The van der Waals surface area contributed by atoms with Gasteiger partial charge in [-0.05, 0) is 19.1 Å². The van der Waals surface area contributed by atoms with Crippen molar-refractivity contribution in [2.24, 2.45) is 0 Å². The summed E-state index contributed by atoms with van der Waals surface area (Å²) < 4.78 is 41.4. The summed E-state index contributed by atoms with van der Waals surface area (Å²) in [7, 11) is -3.96. The van der Waals surface area contributed by atoms with Crippen LogP contribution < -0.4 is 4.72 Å². The van der Waals surface area contributed by atoms with Gasteiger partial charge in [0.05, 0.1) is 11.2 Å². The standard InChI is InChI=1S/C11H10Cl2FN3O2S/c1-2-17-6-8(5-15-17)20(18,19)16-11-9(13)3-7(12)4-10(11)14/h3-6,16H,2H2,1H3. The molecule has 20 heavy (non-hydrogen) atoms. The molecule has 1 aromatic heterocycles. The van der Waals surface area contributed by atoms with Gasteiger partial charge in [-0.2, -0.15) is 5.10 Å². The van der Waals surface area contributed by atoms with Crippen molar-refractivity contribution in [1.82, 2.24) is 9.78 Å². The number of rotatable bonds is 4. The van der Waals surface area contributed by atoms with Crippen LogP contribution in [0.3, 0.4) is 0 Å². The molecule has 0 aliphatic carbocycles. The number of nitrogens with zero attached hydrogens (tertiary/aromatic N) is 2. The molecule has 0 aliphatic heterocycles. The molecule has 0 aliphatic rings. The lowest BCUT2D eigenvalue weighted by atomic mass is 10.3. The lowest BCUT2D eigenvalue weighted by Gasteiger charge is -2.09. The third-order valence-electron chi connectivity index (χ3n) is 2.49. The second kappa shape index (κ2) is 5.59. The van der Waals surface area contributed by atoms with Crippen LogP contribution in [0.1, 0.15) is 6.92 Å². The van der Waals surface area contributed by atoms with E-state index in [4.69, 9.17) is 23.2 Å². The summed E-state index contributed by atoms with van der Waals surface area (Å²) >= 11 is 11.4. The van der Waals surface area contributed by atoms with Gasteiger partial charge in [0.25, 0.3) is 10.0 Å². The summed E-state index contributed by atoms with van der Waals surface area (Å²) in [5.74, 6) is -0.853. The largest absolute Gasteiger partial charge is 0.275 e. The van der Waals surface area contributed by atoms with Gasteiger partial charge in [-0.1, -0.05) is 23.2 Å². The van der Waals surface area contributed by atoms with Crippen molar-refractivity contribution in [2.75, 3.05) is 4.72 Å². The number of hydrogen-bond acceptors (Lipinski definition) is 3. The van der Waals surface area contributed by atoms with E-state index in [9.17, 15) is 12.8 Å². The van der Waals surface area contributed by atoms with E-state index in [1.165, 1.54) is 23.1 Å². The molecule has 0 spiro atoms. The maximum Gasteiger partial charge on any atom is 0.265 e. The Labute approximate surface area is 125 Å².